The molecule has 0 amide bonds. The molecule has 2 aromatic rings. The summed E-state index contributed by atoms with van der Waals surface area (Å²) in [6.45, 7) is 0.694. The summed E-state index contributed by atoms with van der Waals surface area (Å²) >= 11 is 3.39. The summed E-state index contributed by atoms with van der Waals surface area (Å²) in [4.78, 5) is 4.42. The van der Waals surface area contributed by atoms with Crippen LogP contribution in [0.2, 0.25) is 0 Å². The second-order valence-electron chi connectivity index (χ2n) is 4.64. The molecule has 0 aliphatic carbocycles. The lowest BCUT2D eigenvalue weighted by Crippen LogP contribution is -2.44. The third-order valence-electron chi connectivity index (χ3n) is 2.87. The number of guanidine groups is 2. The Labute approximate surface area is 138 Å². The first-order valence-corrected chi connectivity index (χ1v) is 7.66. The van der Waals surface area contributed by atoms with Gasteiger partial charge in [-0.2, -0.15) is 0 Å². The largest absolute Gasteiger partial charge is 0.370 e. The smallest absolute Gasteiger partial charge is 0.203 e. The highest BCUT2D eigenvalue weighted by Gasteiger charge is 2.01. The van der Waals surface area contributed by atoms with Crippen LogP contribution in [0.3, 0.4) is 0 Å². The van der Waals surface area contributed by atoms with E-state index in [0.29, 0.717) is 12.5 Å². The van der Waals surface area contributed by atoms with Crippen LogP contribution < -0.4 is 16.4 Å². The quantitative estimate of drug-likeness (QED) is 0.500. The molecule has 0 radical (unpaired) electrons. The Balaban J connectivity index is 1.99. The molecule has 0 aliphatic rings. The summed E-state index contributed by atoms with van der Waals surface area (Å²) in [5.41, 5.74) is 7.41. The van der Waals surface area contributed by atoms with Crippen molar-refractivity contribution in [2.75, 3.05) is 6.54 Å². The first-order chi connectivity index (χ1) is 10.6. The zero-order chi connectivity index (χ0) is 15.8. The molecule has 0 aromatic heterocycles. The van der Waals surface area contributed by atoms with Crippen LogP contribution in [0, 0.1) is 5.41 Å². The van der Waals surface area contributed by atoms with Crippen molar-refractivity contribution in [3.63, 3.8) is 0 Å². The summed E-state index contributed by atoms with van der Waals surface area (Å²) in [5, 5.41) is 13.2. The third-order valence-corrected chi connectivity index (χ3v) is 3.40. The predicted molar refractivity (Wildman–Crippen MR) is 94.4 cm³/mol. The Kier molecular flexibility index (Phi) is 5.97. The maximum absolute atomic E-state index is 7.36. The summed E-state index contributed by atoms with van der Waals surface area (Å²) in [6.07, 6.45) is 0.861. The van der Waals surface area contributed by atoms with E-state index in [-0.39, 0.29) is 5.96 Å². The van der Waals surface area contributed by atoms with E-state index in [1.54, 1.807) is 0 Å². The molecule has 22 heavy (non-hydrogen) atoms. The first kappa shape index (κ1) is 16.0. The van der Waals surface area contributed by atoms with Crippen LogP contribution in [-0.2, 0) is 6.42 Å². The molecule has 0 saturated heterocycles. The van der Waals surface area contributed by atoms with Gasteiger partial charge in [0.05, 0.1) is 5.69 Å². The Morgan fingerprint density at radius 1 is 1.09 bits per heavy atom. The van der Waals surface area contributed by atoms with Gasteiger partial charge >= 0.3 is 0 Å². The Bertz CT molecular complexity index is 637. The first-order valence-electron chi connectivity index (χ1n) is 6.86. The van der Waals surface area contributed by atoms with Crippen molar-refractivity contribution in [2.24, 2.45) is 10.7 Å². The average Bonchev–Trinajstić information content (AvgIpc) is 2.50. The van der Waals surface area contributed by atoms with E-state index in [9.17, 15) is 0 Å². The number of hydrogen-bond donors (Lipinski definition) is 4. The minimum absolute atomic E-state index is 0.150. The molecule has 5 N–H and O–H groups in total. The molecule has 5 nitrogen and oxygen atoms in total. The maximum atomic E-state index is 7.36. The van der Waals surface area contributed by atoms with Crippen molar-refractivity contribution < 1.29 is 0 Å². The highest BCUT2D eigenvalue weighted by atomic mass is 79.9. The molecular formula is C16H18BrN5. The summed E-state index contributed by atoms with van der Waals surface area (Å²) in [7, 11) is 0. The van der Waals surface area contributed by atoms with E-state index in [1.165, 1.54) is 5.56 Å². The van der Waals surface area contributed by atoms with Crippen molar-refractivity contribution in [1.29, 1.82) is 5.41 Å². The van der Waals surface area contributed by atoms with Crippen molar-refractivity contribution >= 4 is 33.5 Å². The molecule has 0 spiro atoms. The standard InChI is InChI=1S/C16H18BrN5/c17-13-6-8-14(9-7-13)21-16(22-15(18)19)20-11-10-12-4-2-1-3-5-12/h1-9H,10-11H2,(H5,18,19,20,21,22). The molecule has 0 aliphatic heterocycles. The van der Waals surface area contributed by atoms with Gasteiger partial charge in [-0.3, -0.25) is 10.7 Å². The number of nitrogens with zero attached hydrogens (tertiary/aromatic N) is 1. The molecule has 0 heterocycles. The number of benzene rings is 2. The van der Waals surface area contributed by atoms with Crippen molar-refractivity contribution in [1.82, 2.24) is 10.6 Å². The van der Waals surface area contributed by atoms with Crippen molar-refractivity contribution in [3.8, 4) is 0 Å². The zero-order valence-electron chi connectivity index (χ0n) is 12.0. The summed E-state index contributed by atoms with van der Waals surface area (Å²) in [6, 6.07) is 17.8. The van der Waals surface area contributed by atoms with Crippen LogP contribution >= 0.6 is 15.9 Å². The lowest BCUT2D eigenvalue weighted by Gasteiger charge is -2.11. The molecular weight excluding hydrogens is 342 g/mol. The van der Waals surface area contributed by atoms with E-state index < -0.39 is 0 Å². The van der Waals surface area contributed by atoms with Crippen LogP contribution in [-0.4, -0.2) is 18.5 Å². The Morgan fingerprint density at radius 2 is 1.77 bits per heavy atom. The summed E-state index contributed by atoms with van der Waals surface area (Å²) < 4.78 is 0.990. The molecule has 0 unspecified atom stereocenters. The molecule has 0 bridgehead atoms. The van der Waals surface area contributed by atoms with Gasteiger partial charge in [0.25, 0.3) is 0 Å². The lowest BCUT2D eigenvalue weighted by molar-refractivity contribution is 0.847. The van der Waals surface area contributed by atoms with Gasteiger partial charge in [-0.1, -0.05) is 46.3 Å². The molecule has 2 rings (SSSR count). The van der Waals surface area contributed by atoms with E-state index in [1.807, 2.05) is 42.5 Å². The van der Waals surface area contributed by atoms with Gasteiger partial charge in [0.1, 0.15) is 0 Å². The number of hydrogen-bond acceptors (Lipinski definition) is 2. The maximum Gasteiger partial charge on any atom is 0.203 e. The fourth-order valence-electron chi connectivity index (χ4n) is 1.85. The molecule has 0 saturated carbocycles. The highest BCUT2D eigenvalue weighted by molar-refractivity contribution is 9.10. The van der Waals surface area contributed by atoms with E-state index in [4.69, 9.17) is 11.1 Å². The fourth-order valence-corrected chi connectivity index (χ4v) is 2.12. The van der Waals surface area contributed by atoms with E-state index in [2.05, 4.69) is 43.7 Å². The van der Waals surface area contributed by atoms with Crippen molar-refractivity contribution in [2.45, 2.75) is 6.42 Å². The molecule has 0 atom stereocenters. The van der Waals surface area contributed by atoms with Gasteiger partial charge in [0, 0.05) is 11.0 Å². The molecule has 2 aromatic carbocycles. The Morgan fingerprint density at radius 3 is 2.41 bits per heavy atom. The molecule has 6 heteroatoms. The van der Waals surface area contributed by atoms with Crippen LogP contribution in [0.15, 0.2) is 64.1 Å². The minimum Gasteiger partial charge on any atom is -0.370 e. The van der Waals surface area contributed by atoms with Crippen LogP contribution in [0.5, 0.6) is 0 Å². The number of aliphatic imine (C=N–C) groups is 1. The average molecular weight is 360 g/mol. The number of nitrogens with one attached hydrogen (secondary N) is 3. The van der Waals surface area contributed by atoms with Crippen LogP contribution in [0.1, 0.15) is 5.56 Å². The fraction of sp³-hybridized carbons (Fsp3) is 0.125. The van der Waals surface area contributed by atoms with Gasteiger partial charge in [-0.25, -0.2) is 4.99 Å². The Hall–Kier alpha value is -2.34. The molecule has 114 valence electrons. The molecule has 0 fully saturated rings. The van der Waals surface area contributed by atoms with Gasteiger partial charge < -0.3 is 11.1 Å². The monoisotopic (exact) mass is 359 g/mol. The minimum atomic E-state index is -0.150. The second kappa shape index (κ2) is 8.19. The van der Waals surface area contributed by atoms with Gasteiger partial charge in [-0.15, -0.1) is 0 Å². The predicted octanol–water partition coefficient (Wildman–Crippen LogP) is 2.75. The highest BCUT2D eigenvalue weighted by Crippen LogP contribution is 2.16. The normalized spacial score (nSPS) is 11.0. The van der Waals surface area contributed by atoms with Gasteiger partial charge in [0.2, 0.25) is 5.96 Å². The summed E-state index contributed by atoms with van der Waals surface area (Å²) in [5.74, 6) is 0.314. The topological polar surface area (TPSA) is 86.3 Å². The van der Waals surface area contributed by atoms with Crippen LogP contribution in [0.25, 0.3) is 0 Å². The lowest BCUT2D eigenvalue weighted by atomic mass is 10.1. The number of halogens is 1. The number of nitrogens with two attached hydrogens (primary N) is 1. The zero-order valence-corrected chi connectivity index (χ0v) is 13.6. The second-order valence-corrected chi connectivity index (χ2v) is 5.55. The number of rotatable bonds is 4. The van der Waals surface area contributed by atoms with Gasteiger partial charge in [-0.05, 0) is 36.2 Å². The SMILES string of the molecule is N=C(N)NC(=Nc1ccc(Br)cc1)NCCc1ccccc1. The third kappa shape index (κ3) is 5.57. The van der Waals surface area contributed by atoms with Gasteiger partial charge in [0.15, 0.2) is 5.96 Å². The van der Waals surface area contributed by atoms with Crippen LogP contribution in [0.4, 0.5) is 5.69 Å². The van der Waals surface area contributed by atoms with E-state index in [0.717, 1.165) is 16.6 Å². The van der Waals surface area contributed by atoms with Crippen molar-refractivity contribution in [3.05, 3.63) is 64.6 Å². The van der Waals surface area contributed by atoms with E-state index >= 15 is 0 Å².